The van der Waals surface area contributed by atoms with Crippen LogP contribution in [0, 0.1) is 11.7 Å². The molecule has 0 radical (unpaired) electrons. The van der Waals surface area contributed by atoms with Crippen LogP contribution in [0.4, 0.5) is 11.6 Å². The molecule has 1 aromatic heterocycles. The van der Waals surface area contributed by atoms with E-state index in [2.05, 4.69) is 54.9 Å². The van der Waals surface area contributed by atoms with Gasteiger partial charge >= 0.3 is 0 Å². The van der Waals surface area contributed by atoms with Gasteiger partial charge in [-0.05, 0) is 51.5 Å². The first kappa shape index (κ1) is 13.8. The van der Waals surface area contributed by atoms with Gasteiger partial charge in [0.25, 0.3) is 0 Å². The molecule has 0 atom stereocenters. The van der Waals surface area contributed by atoms with E-state index in [4.69, 9.17) is 12.2 Å². The third kappa shape index (κ3) is 2.56. The van der Waals surface area contributed by atoms with E-state index in [-0.39, 0.29) is 6.04 Å². The molecule has 19 heavy (non-hydrogen) atoms. The number of aromatic nitrogens is 3. The molecule has 0 saturated carbocycles. The maximum absolute atomic E-state index is 5.32. The molecule has 2 aromatic rings. The molecule has 0 saturated heterocycles. The summed E-state index contributed by atoms with van der Waals surface area (Å²) in [6.07, 6.45) is 0. The summed E-state index contributed by atoms with van der Waals surface area (Å²) in [5.74, 6) is 0.872. The van der Waals surface area contributed by atoms with Crippen molar-refractivity contribution < 1.29 is 0 Å². The summed E-state index contributed by atoms with van der Waals surface area (Å²) in [4.78, 5) is 2.18. The van der Waals surface area contributed by atoms with Crippen molar-refractivity contribution in [2.45, 2.75) is 33.7 Å². The fourth-order valence-corrected chi connectivity index (χ4v) is 2.58. The molecule has 1 N–H and O–H groups in total. The molecule has 2 rings (SSSR count). The van der Waals surface area contributed by atoms with Crippen LogP contribution in [0.3, 0.4) is 0 Å². The van der Waals surface area contributed by atoms with Crippen molar-refractivity contribution in [1.29, 1.82) is 0 Å². The molecule has 102 valence electrons. The summed E-state index contributed by atoms with van der Waals surface area (Å²) in [6, 6.07) is 8.59. The van der Waals surface area contributed by atoms with E-state index < -0.39 is 0 Å². The first-order chi connectivity index (χ1) is 9.06. The summed E-state index contributed by atoms with van der Waals surface area (Å²) >= 11 is 5.32. The highest BCUT2D eigenvalue weighted by molar-refractivity contribution is 7.71. The Morgan fingerprint density at radius 2 is 2.05 bits per heavy atom. The molecule has 4 nitrogen and oxygen atoms in total. The number of rotatable bonds is 4. The topological polar surface area (TPSA) is 36.9 Å². The lowest BCUT2D eigenvalue weighted by atomic mass is 10.2. The summed E-state index contributed by atoms with van der Waals surface area (Å²) in [5, 5.41) is 7.29. The molecular formula is C14H20N4S. The lowest BCUT2D eigenvalue weighted by Gasteiger charge is -2.25. The van der Waals surface area contributed by atoms with Gasteiger partial charge in [-0.3, -0.25) is 4.57 Å². The van der Waals surface area contributed by atoms with E-state index in [1.807, 2.05) is 16.7 Å². The van der Waals surface area contributed by atoms with Crippen molar-refractivity contribution in [3.8, 4) is 0 Å². The minimum Gasteiger partial charge on any atom is -0.311 e. The smallest absolute Gasteiger partial charge is 0.230 e. The van der Waals surface area contributed by atoms with Crippen molar-refractivity contribution >= 4 is 23.9 Å². The minimum atomic E-state index is 0.277. The summed E-state index contributed by atoms with van der Waals surface area (Å²) in [6.45, 7) is 9.30. The van der Waals surface area contributed by atoms with Crippen molar-refractivity contribution in [2.75, 3.05) is 11.4 Å². The quantitative estimate of drug-likeness (QED) is 0.858. The number of para-hydroxylation sites is 1. The normalized spacial score (nSPS) is 11.0. The van der Waals surface area contributed by atoms with Gasteiger partial charge in [-0.25, -0.2) is 5.10 Å². The first-order valence-electron chi connectivity index (χ1n) is 6.56. The highest BCUT2D eigenvalue weighted by Gasteiger charge is 2.17. The van der Waals surface area contributed by atoms with Crippen LogP contribution in [-0.4, -0.2) is 21.3 Å². The van der Waals surface area contributed by atoms with Gasteiger partial charge in [-0.2, -0.15) is 0 Å². The van der Waals surface area contributed by atoms with Gasteiger partial charge in [-0.15, -0.1) is 5.10 Å². The first-order valence-corrected chi connectivity index (χ1v) is 6.97. The number of anilines is 2. The molecule has 0 bridgehead atoms. The predicted octanol–water partition coefficient (Wildman–Crippen LogP) is 3.99. The summed E-state index contributed by atoms with van der Waals surface area (Å²) < 4.78 is 2.71. The zero-order valence-electron chi connectivity index (χ0n) is 11.8. The Kier molecular flexibility index (Phi) is 4.04. The van der Waals surface area contributed by atoms with Crippen molar-refractivity contribution in [2.24, 2.45) is 0 Å². The van der Waals surface area contributed by atoms with E-state index in [9.17, 15) is 0 Å². The average molecular weight is 276 g/mol. The molecule has 0 fully saturated rings. The van der Waals surface area contributed by atoms with Gasteiger partial charge in [0.05, 0.1) is 0 Å². The Bertz CT molecular complexity index is 612. The van der Waals surface area contributed by atoms with Crippen molar-refractivity contribution in [3.63, 3.8) is 0 Å². The largest absolute Gasteiger partial charge is 0.311 e. The molecule has 5 heteroatoms. The Morgan fingerprint density at radius 3 is 2.63 bits per heavy atom. The lowest BCUT2D eigenvalue weighted by molar-refractivity contribution is 0.588. The van der Waals surface area contributed by atoms with Crippen LogP contribution in [0.2, 0.25) is 0 Å². The Hall–Kier alpha value is -1.62. The number of benzene rings is 1. The number of nitrogens with one attached hydrogen (secondary N) is 1. The molecule has 1 aromatic carbocycles. The van der Waals surface area contributed by atoms with E-state index in [0.29, 0.717) is 4.77 Å². The SMILES string of the molecule is CCN(c1ccccc1C)c1n[nH]c(=S)n1C(C)C. The van der Waals surface area contributed by atoms with Crippen LogP contribution in [0.25, 0.3) is 0 Å². The van der Waals surface area contributed by atoms with Crippen LogP contribution in [0.1, 0.15) is 32.4 Å². The standard InChI is InChI=1S/C14H20N4S/c1-5-17(12-9-7-6-8-11(12)4)13-15-16-14(19)18(13)10(2)3/h6-10H,5H2,1-4H3,(H,16,19). The van der Waals surface area contributed by atoms with Gasteiger partial charge in [0.15, 0.2) is 4.77 Å². The zero-order chi connectivity index (χ0) is 14.0. The molecule has 0 amide bonds. The highest BCUT2D eigenvalue weighted by atomic mass is 32.1. The summed E-state index contributed by atoms with van der Waals surface area (Å²) in [5.41, 5.74) is 2.40. The summed E-state index contributed by atoms with van der Waals surface area (Å²) in [7, 11) is 0. The lowest BCUT2D eigenvalue weighted by Crippen LogP contribution is -2.22. The van der Waals surface area contributed by atoms with Crippen molar-refractivity contribution in [3.05, 3.63) is 34.6 Å². The fraction of sp³-hybridized carbons (Fsp3) is 0.429. The van der Waals surface area contributed by atoms with Crippen molar-refractivity contribution in [1.82, 2.24) is 14.8 Å². The third-order valence-corrected chi connectivity index (χ3v) is 3.45. The third-order valence-electron chi connectivity index (χ3n) is 3.17. The van der Waals surface area contributed by atoms with E-state index in [0.717, 1.165) is 12.5 Å². The maximum atomic E-state index is 5.32. The van der Waals surface area contributed by atoms with E-state index >= 15 is 0 Å². The molecule has 1 heterocycles. The number of hydrogen-bond acceptors (Lipinski definition) is 3. The predicted molar refractivity (Wildman–Crippen MR) is 81.7 cm³/mol. The number of aromatic amines is 1. The molecule has 0 spiro atoms. The molecule has 0 aliphatic carbocycles. The van der Waals surface area contributed by atoms with Crippen LogP contribution in [-0.2, 0) is 0 Å². The second-order valence-electron chi connectivity index (χ2n) is 4.82. The van der Waals surface area contributed by atoms with Gasteiger partial charge in [0, 0.05) is 18.3 Å². The van der Waals surface area contributed by atoms with Crippen LogP contribution >= 0.6 is 12.2 Å². The molecule has 0 unspecified atom stereocenters. The maximum Gasteiger partial charge on any atom is 0.230 e. The van der Waals surface area contributed by atoms with Crippen LogP contribution in [0.5, 0.6) is 0 Å². The number of nitrogens with zero attached hydrogens (tertiary/aromatic N) is 3. The van der Waals surface area contributed by atoms with Gasteiger partial charge in [0.1, 0.15) is 0 Å². The van der Waals surface area contributed by atoms with Gasteiger partial charge in [0.2, 0.25) is 5.95 Å². The Morgan fingerprint density at radius 1 is 1.37 bits per heavy atom. The zero-order valence-corrected chi connectivity index (χ0v) is 12.7. The monoisotopic (exact) mass is 276 g/mol. The van der Waals surface area contributed by atoms with Crippen LogP contribution < -0.4 is 4.90 Å². The van der Waals surface area contributed by atoms with E-state index in [1.54, 1.807) is 0 Å². The minimum absolute atomic E-state index is 0.277. The number of H-pyrrole nitrogens is 1. The van der Waals surface area contributed by atoms with E-state index in [1.165, 1.54) is 11.3 Å². The molecule has 0 aliphatic heterocycles. The Labute approximate surface area is 119 Å². The molecule has 0 aliphatic rings. The average Bonchev–Trinajstić information content (AvgIpc) is 2.75. The Balaban J connectivity index is 2.55. The van der Waals surface area contributed by atoms with Gasteiger partial charge in [-0.1, -0.05) is 18.2 Å². The number of aryl methyl sites for hydroxylation is 1. The highest BCUT2D eigenvalue weighted by Crippen LogP contribution is 2.28. The second-order valence-corrected chi connectivity index (χ2v) is 5.21. The number of hydrogen-bond donors (Lipinski definition) is 1. The second kappa shape index (κ2) is 5.57. The van der Waals surface area contributed by atoms with Crippen LogP contribution in [0.15, 0.2) is 24.3 Å². The van der Waals surface area contributed by atoms with Gasteiger partial charge < -0.3 is 4.90 Å². The fourth-order valence-electron chi connectivity index (χ4n) is 2.24. The molecular weight excluding hydrogens is 256 g/mol.